The van der Waals surface area contributed by atoms with Crippen LogP contribution in [0, 0.1) is 0 Å². The number of para-hydroxylation sites is 2. The van der Waals surface area contributed by atoms with Gasteiger partial charge in [-0.15, -0.1) is 0 Å². The first-order valence-corrected chi connectivity index (χ1v) is 11.9. The molecule has 1 aliphatic heterocycles. The minimum Gasteiger partial charge on any atom is -0.451 e. The van der Waals surface area contributed by atoms with E-state index < -0.39 is 0 Å². The van der Waals surface area contributed by atoms with E-state index in [9.17, 15) is 9.59 Å². The van der Waals surface area contributed by atoms with Crippen molar-refractivity contribution < 1.29 is 14.0 Å². The fourth-order valence-corrected chi connectivity index (χ4v) is 4.97. The second-order valence-electron chi connectivity index (χ2n) is 8.73. The molecular formula is C29H25ClN2O3. The molecule has 2 heterocycles. The molecule has 4 aromatic rings. The Bertz CT molecular complexity index is 1360. The van der Waals surface area contributed by atoms with Crippen LogP contribution in [0.5, 0.6) is 0 Å². The highest BCUT2D eigenvalue weighted by Gasteiger charge is 2.38. The molecule has 0 saturated heterocycles. The molecule has 176 valence electrons. The molecule has 0 spiro atoms. The molecule has 2 atom stereocenters. The topological polar surface area (TPSA) is 53.8 Å². The van der Waals surface area contributed by atoms with Gasteiger partial charge in [0.15, 0.2) is 5.76 Å². The molecule has 0 aliphatic carbocycles. The Morgan fingerprint density at radius 3 is 2.31 bits per heavy atom. The van der Waals surface area contributed by atoms with Crippen LogP contribution in [-0.2, 0) is 4.79 Å². The zero-order valence-corrected chi connectivity index (χ0v) is 20.3. The van der Waals surface area contributed by atoms with Crippen LogP contribution >= 0.6 is 11.6 Å². The van der Waals surface area contributed by atoms with E-state index in [2.05, 4.69) is 0 Å². The largest absolute Gasteiger partial charge is 0.451 e. The number of anilines is 2. The van der Waals surface area contributed by atoms with E-state index in [0.717, 1.165) is 22.5 Å². The summed E-state index contributed by atoms with van der Waals surface area (Å²) < 4.78 is 5.97. The number of benzene rings is 3. The van der Waals surface area contributed by atoms with Crippen LogP contribution in [0.4, 0.5) is 11.4 Å². The minimum atomic E-state index is -0.210. The number of halogens is 1. The van der Waals surface area contributed by atoms with Gasteiger partial charge in [0, 0.05) is 34.9 Å². The van der Waals surface area contributed by atoms with Crippen molar-refractivity contribution >= 4 is 34.8 Å². The summed E-state index contributed by atoms with van der Waals surface area (Å²) in [7, 11) is 0. The molecule has 5 nitrogen and oxygen atoms in total. The van der Waals surface area contributed by atoms with E-state index in [0.29, 0.717) is 17.2 Å². The fraction of sp³-hybridized carbons (Fsp3) is 0.172. The Kier molecular flexibility index (Phi) is 6.18. The van der Waals surface area contributed by atoms with Crippen LogP contribution in [0.2, 0.25) is 5.02 Å². The summed E-state index contributed by atoms with van der Waals surface area (Å²) >= 11 is 6.00. The lowest BCUT2D eigenvalue weighted by Gasteiger charge is -2.43. The standard InChI is InChI=1S/C29H25ClN2O3/c1-19-18-26(32(20(2)33)23-8-4-3-5-9-23)24-10-6-7-11-25(24)31(19)29(34)28-17-16-27(35-28)21-12-14-22(30)15-13-21/h3-17,19,26H,18H2,1-2H3. The maximum absolute atomic E-state index is 13.7. The molecule has 0 bridgehead atoms. The number of rotatable bonds is 4. The summed E-state index contributed by atoms with van der Waals surface area (Å²) in [6, 6.07) is 27.9. The van der Waals surface area contributed by atoms with Crippen molar-refractivity contribution in [3.63, 3.8) is 0 Å². The summed E-state index contributed by atoms with van der Waals surface area (Å²) in [6.45, 7) is 3.59. The first-order chi connectivity index (χ1) is 16.9. The van der Waals surface area contributed by atoms with E-state index in [-0.39, 0.29) is 29.7 Å². The summed E-state index contributed by atoms with van der Waals surface area (Å²) in [5.74, 6) is 0.619. The molecule has 1 aliphatic rings. The smallest absolute Gasteiger partial charge is 0.294 e. The van der Waals surface area contributed by atoms with Crippen molar-refractivity contribution in [1.29, 1.82) is 0 Å². The molecule has 2 amide bonds. The summed E-state index contributed by atoms with van der Waals surface area (Å²) in [4.78, 5) is 30.1. The number of furan rings is 1. The van der Waals surface area contributed by atoms with Gasteiger partial charge >= 0.3 is 0 Å². The number of carbonyl (C=O) groups is 2. The van der Waals surface area contributed by atoms with Gasteiger partial charge in [0.1, 0.15) is 5.76 Å². The van der Waals surface area contributed by atoms with Gasteiger partial charge in [0.2, 0.25) is 5.91 Å². The zero-order valence-electron chi connectivity index (χ0n) is 19.5. The van der Waals surface area contributed by atoms with Gasteiger partial charge in [-0.25, -0.2) is 0 Å². The Morgan fingerprint density at radius 1 is 0.914 bits per heavy atom. The average Bonchev–Trinajstić information content (AvgIpc) is 3.35. The van der Waals surface area contributed by atoms with Crippen LogP contribution in [0.15, 0.2) is 95.4 Å². The maximum Gasteiger partial charge on any atom is 0.294 e. The van der Waals surface area contributed by atoms with Crippen LogP contribution in [0.25, 0.3) is 11.3 Å². The molecule has 6 heteroatoms. The number of hydrogen-bond donors (Lipinski definition) is 0. The van der Waals surface area contributed by atoms with Crippen LogP contribution < -0.4 is 9.80 Å². The third-order valence-electron chi connectivity index (χ3n) is 6.41. The third kappa shape index (κ3) is 4.35. The highest BCUT2D eigenvalue weighted by Crippen LogP contribution is 2.43. The van der Waals surface area contributed by atoms with Crippen molar-refractivity contribution in [1.82, 2.24) is 0 Å². The number of amides is 2. The third-order valence-corrected chi connectivity index (χ3v) is 6.66. The Hall–Kier alpha value is -3.83. The maximum atomic E-state index is 13.7. The molecule has 5 rings (SSSR count). The van der Waals surface area contributed by atoms with Crippen molar-refractivity contribution in [2.45, 2.75) is 32.4 Å². The van der Waals surface area contributed by atoms with Crippen LogP contribution in [0.1, 0.15) is 42.4 Å². The second-order valence-corrected chi connectivity index (χ2v) is 9.17. The highest BCUT2D eigenvalue weighted by molar-refractivity contribution is 6.30. The molecular weight excluding hydrogens is 460 g/mol. The van der Waals surface area contributed by atoms with Crippen molar-refractivity contribution in [3.05, 3.63) is 107 Å². The van der Waals surface area contributed by atoms with Crippen LogP contribution in [-0.4, -0.2) is 17.9 Å². The zero-order chi connectivity index (χ0) is 24.5. The van der Waals surface area contributed by atoms with E-state index in [4.69, 9.17) is 16.0 Å². The van der Waals surface area contributed by atoms with Gasteiger partial charge in [-0.1, -0.05) is 48.0 Å². The molecule has 0 fully saturated rings. The monoisotopic (exact) mass is 484 g/mol. The Balaban J connectivity index is 1.50. The summed E-state index contributed by atoms with van der Waals surface area (Å²) in [6.07, 6.45) is 0.599. The second kappa shape index (κ2) is 9.43. The number of fused-ring (bicyclic) bond motifs is 1. The fourth-order valence-electron chi connectivity index (χ4n) is 4.85. The first kappa shape index (κ1) is 22.9. The van der Waals surface area contributed by atoms with E-state index >= 15 is 0 Å². The van der Waals surface area contributed by atoms with E-state index in [1.165, 1.54) is 0 Å². The molecule has 1 aromatic heterocycles. The van der Waals surface area contributed by atoms with Gasteiger partial charge in [-0.05, 0) is 73.5 Å². The predicted molar refractivity (Wildman–Crippen MR) is 139 cm³/mol. The normalized spacial score (nSPS) is 17.1. The molecule has 35 heavy (non-hydrogen) atoms. The number of carbonyl (C=O) groups excluding carboxylic acids is 2. The van der Waals surface area contributed by atoms with Crippen LogP contribution in [0.3, 0.4) is 0 Å². The van der Waals surface area contributed by atoms with E-state index in [1.807, 2.05) is 78.6 Å². The van der Waals surface area contributed by atoms with Crippen molar-refractivity contribution in [3.8, 4) is 11.3 Å². The number of nitrogens with zero attached hydrogens (tertiary/aromatic N) is 2. The molecule has 0 saturated carbocycles. The molecule has 2 unspecified atom stereocenters. The summed E-state index contributed by atoms with van der Waals surface area (Å²) in [5, 5.41) is 0.639. The first-order valence-electron chi connectivity index (χ1n) is 11.6. The van der Waals surface area contributed by atoms with E-state index in [1.54, 1.807) is 36.1 Å². The van der Waals surface area contributed by atoms with Gasteiger partial charge in [-0.3, -0.25) is 9.59 Å². The lowest BCUT2D eigenvalue weighted by atomic mass is 9.89. The predicted octanol–water partition coefficient (Wildman–Crippen LogP) is 7.13. The van der Waals surface area contributed by atoms with Crippen molar-refractivity contribution in [2.24, 2.45) is 0 Å². The minimum absolute atomic E-state index is 0.0402. The summed E-state index contributed by atoms with van der Waals surface area (Å²) in [5.41, 5.74) is 3.40. The lowest BCUT2D eigenvalue weighted by Crippen LogP contribution is -2.47. The Labute approximate surface area is 209 Å². The highest BCUT2D eigenvalue weighted by atomic mass is 35.5. The van der Waals surface area contributed by atoms with Gasteiger partial charge in [0.05, 0.1) is 6.04 Å². The van der Waals surface area contributed by atoms with Gasteiger partial charge < -0.3 is 14.2 Å². The SMILES string of the molecule is CC(=O)N(c1ccccc1)C1CC(C)N(C(=O)c2ccc(-c3ccc(Cl)cc3)o2)c2ccccc21. The molecule has 0 N–H and O–H groups in total. The average molecular weight is 485 g/mol. The Morgan fingerprint density at radius 2 is 1.60 bits per heavy atom. The molecule has 0 radical (unpaired) electrons. The van der Waals surface area contributed by atoms with Gasteiger partial charge in [0.25, 0.3) is 5.91 Å². The van der Waals surface area contributed by atoms with Gasteiger partial charge in [-0.2, -0.15) is 0 Å². The van der Waals surface area contributed by atoms with Crippen molar-refractivity contribution in [2.75, 3.05) is 9.80 Å². The lowest BCUT2D eigenvalue weighted by molar-refractivity contribution is -0.117. The number of hydrogen-bond acceptors (Lipinski definition) is 3. The quantitative estimate of drug-likeness (QED) is 0.309. The molecule has 3 aromatic carbocycles.